The van der Waals surface area contributed by atoms with E-state index in [9.17, 15) is 4.79 Å². The van der Waals surface area contributed by atoms with Crippen LogP contribution >= 0.6 is 11.3 Å². The lowest BCUT2D eigenvalue weighted by Crippen LogP contribution is -2.37. The molecule has 3 aromatic heterocycles. The minimum absolute atomic E-state index is 0.0114. The molecule has 1 fully saturated rings. The first kappa shape index (κ1) is 17.4. The van der Waals surface area contributed by atoms with Gasteiger partial charge in [0.25, 0.3) is 11.8 Å². The molecule has 0 saturated carbocycles. The molecular weight excluding hydrogens is 372 g/mol. The molecule has 1 saturated heterocycles. The Hall–Kier alpha value is -3.05. The van der Waals surface area contributed by atoms with Crippen LogP contribution in [-0.4, -0.2) is 59.5 Å². The smallest absolute Gasteiger partial charge is 0.322 e. The molecule has 4 heterocycles. The lowest BCUT2D eigenvalue weighted by Gasteiger charge is -2.26. The first-order valence-corrected chi connectivity index (χ1v) is 9.05. The normalized spacial score (nSPS) is 14.2. The molecule has 0 aliphatic carbocycles. The number of hydrogen-bond donors (Lipinski definition) is 1. The van der Waals surface area contributed by atoms with Gasteiger partial charge in [-0.3, -0.25) is 10.1 Å². The second-order valence-corrected chi connectivity index (χ2v) is 6.48. The van der Waals surface area contributed by atoms with Gasteiger partial charge in [-0.05, 0) is 11.4 Å². The van der Waals surface area contributed by atoms with Gasteiger partial charge in [-0.15, -0.1) is 16.4 Å². The van der Waals surface area contributed by atoms with Gasteiger partial charge in [0, 0.05) is 19.3 Å². The number of hydrogen-bond acceptors (Lipinski definition) is 10. The van der Waals surface area contributed by atoms with E-state index in [4.69, 9.17) is 13.9 Å². The van der Waals surface area contributed by atoms with Gasteiger partial charge in [-0.25, -0.2) is 4.98 Å². The van der Waals surface area contributed by atoms with Crippen molar-refractivity contribution in [3.63, 3.8) is 0 Å². The molecule has 1 amide bonds. The van der Waals surface area contributed by atoms with Crippen LogP contribution in [0.2, 0.25) is 0 Å². The summed E-state index contributed by atoms with van der Waals surface area (Å²) in [5.41, 5.74) is 0.172. The number of thiophene rings is 1. The highest BCUT2D eigenvalue weighted by Crippen LogP contribution is 2.25. The Kier molecular flexibility index (Phi) is 4.94. The number of aromatic nitrogens is 4. The van der Waals surface area contributed by atoms with Gasteiger partial charge in [0.1, 0.15) is 5.56 Å². The topological polar surface area (TPSA) is 116 Å². The lowest BCUT2D eigenvalue weighted by molar-refractivity contribution is 0.101. The molecule has 0 aromatic carbocycles. The largest absolute Gasteiger partial charge is 0.480 e. The number of morpholine rings is 1. The summed E-state index contributed by atoms with van der Waals surface area (Å²) in [7, 11) is 1.45. The van der Waals surface area contributed by atoms with Crippen LogP contribution in [0.15, 0.2) is 28.1 Å². The van der Waals surface area contributed by atoms with E-state index >= 15 is 0 Å². The summed E-state index contributed by atoms with van der Waals surface area (Å²) in [6.07, 6.45) is 1.42. The molecule has 0 atom stereocenters. The first-order valence-electron chi connectivity index (χ1n) is 8.17. The van der Waals surface area contributed by atoms with Crippen molar-refractivity contribution in [1.29, 1.82) is 0 Å². The Morgan fingerprint density at radius 1 is 1.33 bits per heavy atom. The minimum Gasteiger partial charge on any atom is -0.480 e. The highest BCUT2D eigenvalue weighted by atomic mass is 32.1. The highest BCUT2D eigenvalue weighted by molar-refractivity contribution is 7.13. The fourth-order valence-corrected chi connectivity index (χ4v) is 3.17. The molecule has 3 aromatic rings. The van der Waals surface area contributed by atoms with E-state index in [2.05, 4.69) is 25.5 Å². The maximum absolute atomic E-state index is 12.5. The number of methoxy groups -OCH3 is 1. The standard InChI is InChI=1S/C16H16N6O4S/c1-24-13-10(9-17-15(19-13)22-4-6-25-7-5-22)12(23)18-16-21-20-14(26-16)11-3-2-8-27-11/h2-3,8-9H,4-7H2,1H3,(H,18,21,23). The molecular formula is C16H16N6O4S. The fourth-order valence-electron chi connectivity index (χ4n) is 2.52. The van der Waals surface area contributed by atoms with E-state index in [0.717, 1.165) is 4.88 Å². The van der Waals surface area contributed by atoms with Crippen LogP contribution in [0.5, 0.6) is 5.88 Å². The average Bonchev–Trinajstić information content (AvgIpc) is 3.40. The monoisotopic (exact) mass is 388 g/mol. The van der Waals surface area contributed by atoms with Gasteiger partial charge < -0.3 is 18.8 Å². The van der Waals surface area contributed by atoms with Crippen molar-refractivity contribution < 1.29 is 18.7 Å². The molecule has 0 radical (unpaired) electrons. The summed E-state index contributed by atoms with van der Waals surface area (Å²) in [5, 5.41) is 12.2. The Balaban J connectivity index is 1.51. The third-order valence-electron chi connectivity index (χ3n) is 3.85. The third-order valence-corrected chi connectivity index (χ3v) is 4.71. The van der Waals surface area contributed by atoms with Crippen LogP contribution in [0.1, 0.15) is 10.4 Å². The minimum atomic E-state index is -0.498. The van der Waals surface area contributed by atoms with Crippen LogP contribution in [0.25, 0.3) is 10.8 Å². The van der Waals surface area contributed by atoms with E-state index in [1.54, 1.807) is 0 Å². The zero-order valence-electron chi connectivity index (χ0n) is 14.4. The Morgan fingerprint density at radius 3 is 2.93 bits per heavy atom. The molecule has 27 heavy (non-hydrogen) atoms. The molecule has 4 rings (SSSR count). The predicted octanol–water partition coefficient (Wildman–Crippen LogP) is 1.69. The van der Waals surface area contributed by atoms with E-state index in [0.29, 0.717) is 38.1 Å². The summed E-state index contributed by atoms with van der Waals surface area (Å²) in [5.74, 6) is 0.499. The molecule has 10 nitrogen and oxygen atoms in total. The van der Waals surface area contributed by atoms with Gasteiger partial charge in [0.05, 0.1) is 25.2 Å². The van der Waals surface area contributed by atoms with Crippen molar-refractivity contribution in [2.45, 2.75) is 0 Å². The number of amides is 1. The van der Waals surface area contributed by atoms with Crippen LogP contribution < -0.4 is 15.0 Å². The molecule has 1 aliphatic rings. The van der Waals surface area contributed by atoms with Gasteiger partial charge in [-0.2, -0.15) is 4.98 Å². The Bertz CT molecular complexity index is 923. The predicted molar refractivity (Wildman–Crippen MR) is 97.2 cm³/mol. The molecule has 140 valence electrons. The van der Waals surface area contributed by atoms with Crippen molar-refractivity contribution in [2.75, 3.05) is 43.6 Å². The molecule has 1 aliphatic heterocycles. The number of nitrogens with one attached hydrogen (secondary N) is 1. The van der Waals surface area contributed by atoms with Gasteiger partial charge in [-0.1, -0.05) is 11.2 Å². The summed E-state index contributed by atoms with van der Waals surface area (Å²) >= 11 is 1.46. The number of nitrogens with zero attached hydrogens (tertiary/aromatic N) is 5. The van der Waals surface area contributed by atoms with Crippen LogP contribution in [0, 0.1) is 0 Å². The fraction of sp³-hybridized carbons (Fsp3) is 0.312. The van der Waals surface area contributed by atoms with E-state index in [1.165, 1.54) is 24.6 Å². The molecule has 0 unspecified atom stereocenters. The zero-order chi connectivity index (χ0) is 18.6. The van der Waals surface area contributed by atoms with Crippen molar-refractivity contribution in [3.05, 3.63) is 29.3 Å². The number of rotatable bonds is 5. The molecule has 1 N–H and O–H groups in total. The van der Waals surface area contributed by atoms with Gasteiger partial charge in [0.2, 0.25) is 11.8 Å². The van der Waals surface area contributed by atoms with E-state index < -0.39 is 5.91 Å². The van der Waals surface area contributed by atoms with Crippen molar-refractivity contribution >= 4 is 29.2 Å². The molecule has 0 spiro atoms. The van der Waals surface area contributed by atoms with Crippen molar-refractivity contribution in [1.82, 2.24) is 20.2 Å². The van der Waals surface area contributed by atoms with E-state index in [1.807, 2.05) is 22.4 Å². The van der Waals surface area contributed by atoms with E-state index in [-0.39, 0.29) is 17.5 Å². The quantitative estimate of drug-likeness (QED) is 0.697. The summed E-state index contributed by atoms with van der Waals surface area (Å²) < 4.78 is 16.0. The van der Waals surface area contributed by atoms with Crippen molar-refractivity contribution in [2.24, 2.45) is 0 Å². The number of carbonyl (C=O) groups is 1. The summed E-state index contributed by atoms with van der Waals surface area (Å²) in [4.78, 5) is 23.9. The number of carbonyl (C=O) groups excluding carboxylic acids is 1. The second-order valence-electron chi connectivity index (χ2n) is 5.54. The average molecular weight is 388 g/mol. The van der Waals surface area contributed by atoms with Gasteiger partial charge in [0.15, 0.2) is 0 Å². The maximum Gasteiger partial charge on any atom is 0.322 e. The van der Waals surface area contributed by atoms with Gasteiger partial charge >= 0.3 is 6.01 Å². The summed E-state index contributed by atoms with van der Waals surface area (Å²) in [6, 6.07) is 3.72. The first-order chi connectivity index (χ1) is 13.2. The highest BCUT2D eigenvalue weighted by Gasteiger charge is 2.21. The van der Waals surface area contributed by atoms with Crippen LogP contribution in [0.4, 0.5) is 12.0 Å². The van der Waals surface area contributed by atoms with Crippen LogP contribution in [-0.2, 0) is 4.74 Å². The Labute approximate surface area is 158 Å². The number of ether oxygens (including phenoxy) is 2. The molecule has 11 heteroatoms. The zero-order valence-corrected chi connectivity index (χ0v) is 15.2. The Morgan fingerprint density at radius 2 is 2.19 bits per heavy atom. The number of anilines is 2. The third kappa shape index (κ3) is 3.73. The van der Waals surface area contributed by atoms with Crippen LogP contribution in [0.3, 0.4) is 0 Å². The van der Waals surface area contributed by atoms with Crippen molar-refractivity contribution in [3.8, 4) is 16.6 Å². The SMILES string of the molecule is COc1nc(N2CCOCC2)ncc1C(=O)Nc1nnc(-c2cccs2)o1. The second kappa shape index (κ2) is 7.68. The molecule has 0 bridgehead atoms. The summed E-state index contributed by atoms with van der Waals surface area (Å²) in [6.45, 7) is 2.58. The maximum atomic E-state index is 12.5. The lowest BCUT2D eigenvalue weighted by atomic mass is 10.3.